The monoisotopic (exact) mass is 365 g/mol. The third kappa shape index (κ3) is 3.88. The fraction of sp³-hybridized carbons (Fsp3) is 0.611. The maximum atomic E-state index is 13.3. The van der Waals surface area contributed by atoms with Gasteiger partial charge in [-0.2, -0.15) is 17.0 Å². The Morgan fingerprint density at radius 3 is 2.64 bits per heavy atom. The predicted molar refractivity (Wildman–Crippen MR) is 97.1 cm³/mol. The number of fused-ring (bicyclic) bond motifs is 1. The van der Waals surface area contributed by atoms with Crippen LogP contribution in [0.25, 0.3) is 0 Å². The zero-order valence-corrected chi connectivity index (χ0v) is 15.8. The summed E-state index contributed by atoms with van der Waals surface area (Å²) in [5.41, 5.74) is 2.26. The number of carbonyl (C=O) groups excluding carboxylic acids is 1. The van der Waals surface area contributed by atoms with Gasteiger partial charge in [0.2, 0.25) is 5.91 Å². The predicted octanol–water partition coefficient (Wildman–Crippen LogP) is 1.53. The lowest BCUT2D eigenvalue weighted by Crippen LogP contribution is -2.53. The van der Waals surface area contributed by atoms with Crippen LogP contribution in [0, 0.1) is 5.92 Å². The summed E-state index contributed by atoms with van der Waals surface area (Å²) in [6, 6.07) is 7.35. The van der Waals surface area contributed by atoms with E-state index in [1.807, 2.05) is 32.0 Å². The summed E-state index contributed by atoms with van der Waals surface area (Å²) in [5, 5.41) is 2.86. The number of amides is 1. The van der Waals surface area contributed by atoms with Crippen molar-refractivity contribution < 1.29 is 13.2 Å². The summed E-state index contributed by atoms with van der Waals surface area (Å²) in [6.45, 7) is 5.79. The van der Waals surface area contributed by atoms with Gasteiger partial charge in [-0.3, -0.25) is 4.79 Å². The molecule has 1 saturated heterocycles. The number of hydrogen-bond donors (Lipinski definition) is 1. The number of nitrogens with zero attached hydrogens (tertiary/aromatic N) is 2. The molecule has 0 saturated carbocycles. The maximum absolute atomic E-state index is 13.3. The molecular weight excluding hydrogens is 338 g/mol. The van der Waals surface area contributed by atoms with Gasteiger partial charge >= 0.3 is 0 Å². The molecule has 2 heterocycles. The molecule has 1 fully saturated rings. The van der Waals surface area contributed by atoms with E-state index in [4.69, 9.17) is 0 Å². The Morgan fingerprint density at radius 2 is 1.92 bits per heavy atom. The van der Waals surface area contributed by atoms with Crippen LogP contribution in [0.1, 0.15) is 37.8 Å². The van der Waals surface area contributed by atoms with Gasteiger partial charge in [0.05, 0.1) is 0 Å². The molecule has 1 aromatic rings. The minimum atomic E-state index is -3.67. The molecule has 6 nitrogen and oxygen atoms in total. The van der Waals surface area contributed by atoms with Gasteiger partial charge in [-0.15, -0.1) is 0 Å². The van der Waals surface area contributed by atoms with Crippen LogP contribution in [0.2, 0.25) is 0 Å². The minimum Gasteiger partial charge on any atom is -0.355 e. The lowest BCUT2D eigenvalue weighted by molar-refractivity contribution is -0.124. The van der Waals surface area contributed by atoms with Crippen LogP contribution in [0.15, 0.2) is 24.3 Å². The van der Waals surface area contributed by atoms with Gasteiger partial charge in [0.15, 0.2) is 0 Å². The molecule has 138 valence electrons. The Labute approximate surface area is 150 Å². The second-order valence-corrected chi connectivity index (χ2v) is 9.14. The van der Waals surface area contributed by atoms with Crippen LogP contribution in [-0.2, 0) is 28.0 Å². The van der Waals surface area contributed by atoms with E-state index in [1.165, 1.54) is 14.2 Å². The van der Waals surface area contributed by atoms with Crippen molar-refractivity contribution in [2.45, 2.75) is 45.7 Å². The van der Waals surface area contributed by atoms with Gasteiger partial charge in [-0.05, 0) is 36.3 Å². The summed E-state index contributed by atoms with van der Waals surface area (Å²) in [4.78, 5) is 12.5. The van der Waals surface area contributed by atoms with E-state index in [2.05, 4.69) is 11.4 Å². The fourth-order valence-corrected chi connectivity index (χ4v) is 5.40. The molecule has 0 spiro atoms. The van der Waals surface area contributed by atoms with Gasteiger partial charge in [0.25, 0.3) is 10.2 Å². The Hall–Kier alpha value is -1.44. The lowest BCUT2D eigenvalue weighted by atomic mass is 10.0. The molecule has 0 bridgehead atoms. The number of benzene rings is 1. The van der Waals surface area contributed by atoms with Gasteiger partial charge < -0.3 is 5.32 Å². The molecule has 1 amide bonds. The average Bonchev–Trinajstić information content (AvgIpc) is 2.76. The molecule has 2 aliphatic heterocycles. The summed E-state index contributed by atoms with van der Waals surface area (Å²) >= 11 is 0. The Morgan fingerprint density at radius 1 is 1.20 bits per heavy atom. The third-order valence-electron chi connectivity index (χ3n) is 4.92. The van der Waals surface area contributed by atoms with E-state index < -0.39 is 16.3 Å². The zero-order chi connectivity index (χ0) is 18.0. The van der Waals surface area contributed by atoms with E-state index in [0.29, 0.717) is 45.4 Å². The molecule has 0 aliphatic carbocycles. The summed E-state index contributed by atoms with van der Waals surface area (Å²) in [5.74, 6) is 0.0702. The van der Waals surface area contributed by atoms with Crippen molar-refractivity contribution >= 4 is 16.1 Å². The quantitative estimate of drug-likeness (QED) is 0.880. The first-order valence-electron chi connectivity index (χ1n) is 9.01. The van der Waals surface area contributed by atoms with Crippen LogP contribution in [0.4, 0.5) is 0 Å². The molecule has 2 aliphatic rings. The van der Waals surface area contributed by atoms with Gasteiger partial charge in [0.1, 0.15) is 6.04 Å². The van der Waals surface area contributed by atoms with Crippen molar-refractivity contribution in [1.29, 1.82) is 0 Å². The highest BCUT2D eigenvalue weighted by molar-refractivity contribution is 7.86. The van der Waals surface area contributed by atoms with Crippen molar-refractivity contribution in [2.24, 2.45) is 5.92 Å². The van der Waals surface area contributed by atoms with E-state index in [9.17, 15) is 13.2 Å². The van der Waals surface area contributed by atoms with Crippen LogP contribution in [0.3, 0.4) is 0 Å². The van der Waals surface area contributed by atoms with Crippen molar-refractivity contribution in [3.63, 3.8) is 0 Å². The van der Waals surface area contributed by atoms with Gasteiger partial charge in [-0.25, -0.2) is 0 Å². The van der Waals surface area contributed by atoms with Crippen molar-refractivity contribution in [3.8, 4) is 0 Å². The summed E-state index contributed by atoms with van der Waals surface area (Å²) in [7, 11) is -3.67. The molecule has 1 N–H and O–H groups in total. The molecule has 7 heteroatoms. The number of nitrogens with one attached hydrogen (secondary N) is 1. The normalized spacial score (nSPS) is 23.2. The van der Waals surface area contributed by atoms with Crippen molar-refractivity contribution in [2.75, 3.05) is 19.6 Å². The highest BCUT2D eigenvalue weighted by Gasteiger charge is 2.40. The molecule has 25 heavy (non-hydrogen) atoms. The van der Waals surface area contributed by atoms with Crippen LogP contribution in [0.5, 0.6) is 0 Å². The molecule has 1 atom stereocenters. The first-order valence-corrected chi connectivity index (χ1v) is 10.4. The van der Waals surface area contributed by atoms with E-state index in [1.54, 1.807) is 0 Å². The maximum Gasteiger partial charge on any atom is 0.283 e. The van der Waals surface area contributed by atoms with Crippen LogP contribution in [-0.4, -0.2) is 48.6 Å². The minimum absolute atomic E-state index is 0.174. The zero-order valence-electron chi connectivity index (χ0n) is 14.9. The standard InChI is InChI=1S/C18H27N3O3S/c1-14(2)12-17-18(22)19-9-5-10-21(17)25(23,24)20-11-8-15-6-3-4-7-16(15)13-20/h3-4,6-7,14,17H,5,8-13H2,1-2H3,(H,19,22). The van der Waals surface area contributed by atoms with E-state index in [-0.39, 0.29) is 11.8 Å². The topological polar surface area (TPSA) is 69.7 Å². The van der Waals surface area contributed by atoms with Gasteiger partial charge in [0, 0.05) is 26.2 Å². The van der Waals surface area contributed by atoms with Gasteiger partial charge in [-0.1, -0.05) is 38.1 Å². The number of carbonyl (C=O) groups is 1. The number of hydrogen-bond acceptors (Lipinski definition) is 3. The molecule has 1 aromatic carbocycles. The average molecular weight is 365 g/mol. The highest BCUT2D eigenvalue weighted by atomic mass is 32.2. The Bertz CT molecular complexity index is 733. The SMILES string of the molecule is CC(C)CC1C(=O)NCCCN1S(=O)(=O)N1CCc2ccccc2C1. The smallest absolute Gasteiger partial charge is 0.283 e. The molecule has 0 radical (unpaired) electrons. The molecular formula is C18H27N3O3S. The largest absolute Gasteiger partial charge is 0.355 e. The summed E-state index contributed by atoms with van der Waals surface area (Å²) < 4.78 is 29.6. The van der Waals surface area contributed by atoms with Crippen LogP contribution < -0.4 is 5.32 Å². The van der Waals surface area contributed by atoms with Crippen molar-refractivity contribution in [1.82, 2.24) is 13.9 Å². The number of rotatable bonds is 4. The van der Waals surface area contributed by atoms with Crippen molar-refractivity contribution in [3.05, 3.63) is 35.4 Å². The van der Waals surface area contributed by atoms with E-state index in [0.717, 1.165) is 5.56 Å². The Balaban J connectivity index is 1.87. The van der Waals surface area contributed by atoms with E-state index >= 15 is 0 Å². The highest BCUT2D eigenvalue weighted by Crippen LogP contribution is 2.26. The molecule has 3 rings (SSSR count). The van der Waals surface area contributed by atoms with Crippen LogP contribution >= 0.6 is 0 Å². The molecule has 0 aromatic heterocycles. The second kappa shape index (κ2) is 7.43. The fourth-order valence-electron chi connectivity index (χ4n) is 3.61. The summed E-state index contributed by atoms with van der Waals surface area (Å²) in [6.07, 6.45) is 1.89. The first kappa shape index (κ1) is 18.4. The Kier molecular flexibility index (Phi) is 5.46. The third-order valence-corrected chi connectivity index (χ3v) is 6.91. The second-order valence-electron chi connectivity index (χ2n) is 7.26. The lowest BCUT2D eigenvalue weighted by Gasteiger charge is -2.35. The first-order chi connectivity index (χ1) is 11.9. The molecule has 1 unspecified atom stereocenters.